The van der Waals surface area contributed by atoms with Gasteiger partial charge in [0.2, 0.25) is 0 Å². The number of aromatic nitrogens is 2. The first-order valence-electron chi connectivity index (χ1n) is 3.73. The van der Waals surface area contributed by atoms with Gasteiger partial charge >= 0.3 is 0 Å². The Hall–Kier alpha value is -1.25. The highest BCUT2D eigenvalue weighted by Gasteiger charge is 2.14. The molecule has 0 spiro atoms. The summed E-state index contributed by atoms with van der Waals surface area (Å²) < 4.78 is 1.92. The second-order valence-electron chi connectivity index (χ2n) is 2.78. The van der Waals surface area contributed by atoms with Crippen molar-refractivity contribution in [3.8, 4) is 0 Å². The fourth-order valence-electron chi connectivity index (χ4n) is 1.44. The van der Waals surface area contributed by atoms with E-state index in [1.807, 2.05) is 17.9 Å². The number of rotatable bonds is 0. The van der Waals surface area contributed by atoms with E-state index in [0.717, 1.165) is 18.7 Å². The summed E-state index contributed by atoms with van der Waals surface area (Å²) >= 11 is 0. The van der Waals surface area contributed by atoms with Crippen molar-refractivity contribution in [2.45, 2.75) is 6.42 Å². The first-order valence-corrected chi connectivity index (χ1v) is 3.73. The summed E-state index contributed by atoms with van der Waals surface area (Å²) in [7, 11) is 1.97. The molecule has 0 aliphatic carbocycles. The minimum absolute atomic E-state index is 0.978. The van der Waals surface area contributed by atoms with Crippen LogP contribution in [0.2, 0.25) is 0 Å². The number of hydrogen-bond acceptors (Lipinski definition) is 2. The van der Waals surface area contributed by atoms with Gasteiger partial charge in [-0.25, -0.2) is 0 Å². The summed E-state index contributed by atoms with van der Waals surface area (Å²) in [6, 6.07) is 0. The third-order valence-electron chi connectivity index (χ3n) is 2.09. The van der Waals surface area contributed by atoms with E-state index >= 15 is 0 Å². The van der Waals surface area contributed by atoms with Gasteiger partial charge in [0.15, 0.2) is 0 Å². The summed E-state index contributed by atoms with van der Waals surface area (Å²) in [5.41, 5.74) is 3.45. The van der Waals surface area contributed by atoms with Crippen LogP contribution in [0.15, 0.2) is 12.8 Å². The van der Waals surface area contributed by atoms with E-state index in [9.17, 15) is 0 Å². The van der Waals surface area contributed by atoms with Crippen LogP contribution in [0.3, 0.4) is 0 Å². The molecular weight excluding hydrogens is 138 g/mol. The van der Waals surface area contributed by atoms with Crippen LogP contribution in [0, 0.1) is 0 Å². The average molecular weight is 149 g/mol. The largest absolute Gasteiger partial charge is 0.385 e. The predicted molar refractivity (Wildman–Crippen MR) is 43.9 cm³/mol. The minimum Gasteiger partial charge on any atom is -0.385 e. The van der Waals surface area contributed by atoms with Crippen LogP contribution in [0.25, 0.3) is 5.70 Å². The molecule has 0 saturated carbocycles. The van der Waals surface area contributed by atoms with E-state index < -0.39 is 0 Å². The molecule has 2 rings (SSSR count). The van der Waals surface area contributed by atoms with Crippen LogP contribution < -0.4 is 5.32 Å². The lowest BCUT2D eigenvalue weighted by atomic mass is 10.1. The summed E-state index contributed by atoms with van der Waals surface area (Å²) in [6.45, 7) is 4.88. The fourth-order valence-corrected chi connectivity index (χ4v) is 1.44. The molecule has 0 atom stereocenters. The molecule has 0 aromatic carbocycles. The second-order valence-corrected chi connectivity index (χ2v) is 2.78. The number of hydrogen-bond donors (Lipinski definition) is 1. The summed E-state index contributed by atoms with van der Waals surface area (Å²) in [4.78, 5) is 0. The summed E-state index contributed by atoms with van der Waals surface area (Å²) in [6.07, 6.45) is 2.91. The van der Waals surface area contributed by atoms with Crippen molar-refractivity contribution >= 4 is 5.70 Å². The Labute approximate surface area is 65.7 Å². The molecule has 3 heteroatoms. The van der Waals surface area contributed by atoms with E-state index in [4.69, 9.17) is 0 Å². The second kappa shape index (κ2) is 2.12. The first kappa shape index (κ1) is 6.46. The molecule has 1 aromatic rings. The smallest absolute Gasteiger partial charge is 0.0585 e. The summed E-state index contributed by atoms with van der Waals surface area (Å²) in [5, 5.41) is 7.37. The molecule has 3 nitrogen and oxygen atoms in total. The van der Waals surface area contributed by atoms with Gasteiger partial charge in [0.05, 0.1) is 6.20 Å². The molecule has 1 N–H and O–H groups in total. The van der Waals surface area contributed by atoms with Gasteiger partial charge in [0, 0.05) is 37.0 Å². The molecule has 11 heavy (non-hydrogen) atoms. The maximum atomic E-state index is 4.16. The van der Waals surface area contributed by atoms with E-state index in [-0.39, 0.29) is 0 Å². The molecule has 0 bridgehead atoms. The zero-order chi connectivity index (χ0) is 7.84. The standard InChI is InChI=1S/C8H11N3/c1-6-7-5-10-11(2)8(7)3-4-9-6/h5,9H,1,3-4H2,2H3. The molecule has 2 heterocycles. The van der Waals surface area contributed by atoms with Gasteiger partial charge in [-0.2, -0.15) is 5.10 Å². The van der Waals surface area contributed by atoms with Crippen molar-refractivity contribution in [2.75, 3.05) is 6.54 Å². The Morgan fingerprint density at radius 1 is 1.73 bits per heavy atom. The highest BCUT2D eigenvalue weighted by Crippen LogP contribution is 2.18. The Bertz CT molecular complexity index is 298. The van der Waals surface area contributed by atoms with Crippen LogP contribution in [0.5, 0.6) is 0 Å². The number of nitrogens with zero attached hydrogens (tertiary/aromatic N) is 2. The van der Waals surface area contributed by atoms with E-state index in [2.05, 4.69) is 17.0 Å². The Morgan fingerprint density at radius 2 is 2.55 bits per heavy atom. The van der Waals surface area contributed by atoms with Gasteiger partial charge in [-0.3, -0.25) is 4.68 Å². The average Bonchev–Trinajstić information content (AvgIpc) is 2.35. The van der Waals surface area contributed by atoms with Crippen molar-refractivity contribution in [2.24, 2.45) is 7.05 Å². The van der Waals surface area contributed by atoms with E-state index in [1.54, 1.807) is 0 Å². The zero-order valence-electron chi connectivity index (χ0n) is 6.59. The van der Waals surface area contributed by atoms with Crippen molar-refractivity contribution in [1.29, 1.82) is 0 Å². The summed E-state index contributed by atoms with van der Waals surface area (Å²) in [5.74, 6) is 0. The fraction of sp³-hybridized carbons (Fsp3) is 0.375. The van der Waals surface area contributed by atoms with Crippen LogP contribution in [-0.2, 0) is 13.5 Å². The molecule has 1 aliphatic rings. The van der Waals surface area contributed by atoms with Crippen molar-refractivity contribution in [3.63, 3.8) is 0 Å². The monoisotopic (exact) mass is 149 g/mol. The molecular formula is C8H11N3. The Morgan fingerprint density at radius 3 is 3.27 bits per heavy atom. The predicted octanol–water partition coefficient (Wildman–Crippen LogP) is 0.536. The lowest BCUT2D eigenvalue weighted by molar-refractivity contribution is 0.682. The van der Waals surface area contributed by atoms with Crippen molar-refractivity contribution in [3.05, 3.63) is 24.0 Å². The molecule has 0 saturated heterocycles. The van der Waals surface area contributed by atoms with Gasteiger partial charge in [0.1, 0.15) is 0 Å². The van der Waals surface area contributed by atoms with Gasteiger partial charge in [-0.05, 0) is 0 Å². The number of fused-ring (bicyclic) bond motifs is 1. The molecule has 1 aromatic heterocycles. The molecule has 0 unspecified atom stereocenters. The normalized spacial score (nSPS) is 15.9. The SMILES string of the molecule is C=C1NCCc2c1cnn2C. The van der Waals surface area contributed by atoms with Gasteiger partial charge < -0.3 is 5.32 Å². The lowest BCUT2D eigenvalue weighted by Gasteiger charge is -2.16. The van der Waals surface area contributed by atoms with E-state index in [1.165, 1.54) is 11.3 Å². The van der Waals surface area contributed by atoms with Crippen LogP contribution in [-0.4, -0.2) is 16.3 Å². The quantitative estimate of drug-likeness (QED) is 0.583. The van der Waals surface area contributed by atoms with Crippen molar-refractivity contribution < 1.29 is 0 Å². The van der Waals surface area contributed by atoms with Crippen LogP contribution in [0.1, 0.15) is 11.3 Å². The molecule has 0 amide bonds. The van der Waals surface area contributed by atoms with E-state index in [0.29, 0.717) is 0 Å². The molecule has 0 fully saturated rings. The molecule has 58 valence electrons. The maximum absolute atomic E-state index is 4.16. The van der Waals surface area contributed by atoms with Gasteiger partial charge in [-0.15, -0.1) is 0 Å². The number of aryl methyl sites for hydroxylation is 1. The van der Waals surface area contributed by atoms with Gasteiger partial charge in [0.25, 0.3) is 0 Å². The maximum Gasteiger partial charge on any atom is 0.0585 e. The third-order valence-corrected chi connectivity index (χ3v) is 2.09. The van der Waals surface area contributed by atoms with Crippen LogP contribution >= 0.6 is 0 Å². The van der Waals surface area contributed by atoms with Crippen molar-refractivity contribution in [1.82, 2.24) is 15.1 Å². The van der Waals surface area contributed by atoms with Crippen LogP contribution in [0.4, 0.5) is 0 Å². The Kier molecular flexibility index (Phi) is 1.24. The highest BCUT2D eigenvalue weighted by molar-refractivity contribution is 5.64. The highest BCUT2D eigenvalue weighted by atomic mass is 15.3. The molecule has 1 aliphatic heterocycles. The lowest BCUT2D eigenvalue weighted by Crippen LogP contribution is -2.22. The first-order chi connectivity index (χ1) is 5.29. The minimum atomic E-state index is 0.978. The number of nitrogens with one attached hydrogen (secondary N) is 1. The molecule has 0 radical (unpaired) electrons. The van der Waals surface area contributed by atoms with Gasteiger partial charge in [-0.1, -0.05) is 6.58 Å². The topological polar surface area (TPSA) is 29.9 Å². The Balaban J connectivity index is 2.55. The zero-order valence-corrected chi connectivity index (χ0v) is 6.59. The third kappa shape index (κ3) is 0.843.